The van der Waals surface area contributed by atoms with Gasteiger partial charge in [0, 0.05) is 19.3 Å². The number of para-hydroxylation sites is 1. The third kappa shape index (κ3) is 3.93. The van der Waals surface area contributed by atoms with Crippen molar-refractivity contribution in [2.45, 2.75) is 13.0 Å². The van der Waals surface area contributed by atoms with Crippen LogP contribution in [0.2, 0.25) is 0 Å². The van der Waals surface area contributed by atoms with Crippen LogP contribution in [0.3, 0.4) is 0 Å². The van der Waals surface area contributed by atoms with Crippen LogP contribution in [0, 0.1) is 0 Å². The number of aliphatic carboxylic acids is 1. The minimum atomic E-state index is -0.776. The van der Waals surface area contributed by atoms with E-state index in [-0.39, 0.29) is 6.42 Å². The van der Waals surface area contributed by atoms with E-state index in [4.69, 9.17) is 5.11 Å². The summed E-state index contributed by atoms with van der Waals surface area (Å²) in [5.74, 6) is -0.776. The monoisotopic (exact) mass is 259 g/mol. The second-order valence-electron chi connectivity index (χ2n) is 4.47. The van der Waals surface area contributed by atoms with Crippen molar-refractivity contribution in [1.82, 2.24) is 14.7 Å². The molecule has 0 radical (unpaired) electrons. The van der Waals surface area contributed by atoms with E-state index >= 15 is 0 Å². The van der Waals surface area contributed by atoms with Crippen LogP contribution < -0.4 is 0 Å². The number of carboxylic acid groups (broad SMARTS) is 1. The Hall–Kier alpha value is -2.14. The van der Waals surface area contributed by atoms with Crippen molar-refractivity contribution >= 4 is 5.97 Å². The molecule has 0 aliphatic heterocycles. The van der Waals surface area contributed by atoms with Crippen molar-refractivity contribution in [2.75, 3.05) is 13.6 Å². The molecule has 1 N–H and O–H groups in total. The van der Waals surface area contributed by atoms with Crippen LogP contribution in [-0.2, 0) is 11.3 Å². The van der Waals surface area contributed by atoms with Gasteiger partial charge in [-0.05, 0) is 25.2 Å². The van der Waals surface area contributed by atoms with Crippen molar-refractivity contribution in [2.24, 2.45) is 0 Å². The SMILES string of the molecule is CN(CCC(=O)O)Cc1ccn(-c2ccccc2)n1. The fourth-order valence-corrected chi connectivity index (χ4v) is 1.81. The molecule has 0 unspecified atom stereocenters. The van der Waals surface area contributed by atoms with E-state index in [0.717, 1.165) is 11.4 Å². The number of carboxylic acids is 1. The summed E-state index contributed by atoms with van der Waals surface area (Å²) in [5.41, 5.74) is 1.94. The highest BCUT2D eigenvalue weighted by molar-refractivity contribution is 5.66. The standard InChI is InChI=1S/C14H17N3O2/c1-16(9-8-14(18)19)11-12-7-10-17(15-12)13-5-3-2-4-6-13/h2-7,10H,8-9,11H2,1H3,(H,18,19). The molecule has 2 rings (SSSR count). The molecule has 2 aromatic rings. The first-order valence-corrected chi connectivity index (χ1v) is 6.15. The molecule has 0 saturated carbocycles. The largest absolute Gasteiger partial charge is 0.481 e. The van der Waals surface area contributed by atoms with Gasteiger partial charge in [-0.15, -0.1) is 0 Å². The van der Waals surface area contributed by atoms with Crippen LogP contribution in [0.15, 0.2) is 42.6 Å². The molecule has 19 heavy (non-hydrogen) atoms. The zero-order valence-electron chi connectivity index (χ0n) is 10.9. The summed E-state index contributed by atoms with van der Waals surface area (Å²) < 4.78 is 1.82. The van der Waals surface area contributed by atoms with E-state index in [9.17, 15) is 4.79 Å². The number of hydrogen-bond acceptors (Lipinski definition) is 3. The topological polar surface area (TPSA) is 58.4 Å². The number of rotatable bonds is 6. The van der Waals surface area contributed by atoms with Gasteiger partial charge in [-0.3, -0.25) is 9.69 Å². The van der Waals surface area contributed by atoms with E-state index in [1.165, 1.54) is 0 Å². The third-order valence-corrected chi connectivity index (χ3v) is 2.80. The Bertz CT molecular complexity index is 537. The highest BCUT2D eigenvalue weighted by atomic mass is 16.4. The average molecular weight is 259 g/mol. The first kappa shape index (κ1) is 13.3. The van der Waals surface area contributed by atoms with Crippen LogP contribution >= 0.6 is 0 Å². The van der Waals surface area contributed by atoms with Gasteiger partial charge >= 0.3 is 5.97 Å². The summed E-state index contributed by atoms with van der Waals surface area (Å²) in [6.45, 7) is 1.17. The molecule has 1 aromatic heterocycles. The summed E-state index contributed by atoms with van der Waals surface area (Å²) in [4.78, 5) is 12.4. The van der Waals surface area contributed by atoms with Gasteiger partial charge in [0.25, 0.3) is 0 Å². The lowest BCUT2D eigenvalue weighted by atomic mass is 10.3. The summed E-state index contributed by atoms with van der Waals surface area (Å²) in [5, 5.41) is 13.1. The molecule has 1 heterocycles. The number of benzene rings is 1. The Morgan fingerprint density at radius 2 is 2.05 bits per heavy atom. The Labute approximate surface area is 112 Å². The zero-order valence-corrected chi connectivity index (χ0v) is 10.9. The highest BCUT2D eigenvalue weighted by Gasteiger charge is 2.06. The lowest BCUT2D eigenvalue weighted by Crippen LogP contribution is -2.21. The van der Waals surface area contributed by atoms with Gasteiger partial charge in [0.2, 0.25) is 0 Å². The van der Waals surface area contributed by atoms with Crippen molar-refractivity contribution < 1.29 is 9.90 Å². The third-order valence-electron chi connectivity index (χ3n) is 2.80. The molecular weight excluding hydrogens is 242 g/mol. The Kier molecular flexibility index (Phi) is 4.30. The molecular formula is C14H17N3O2. The molecule has 1 aromatic carbocycles. The smallest absolute Gasteiger partial charge is 0.304 e. The Morgan fingerprint density at radius 3 is 2.74 bits per heavy atom. The van der Waals surface area contributed by atoms with Gasteiger partial charge in [0.05, 0.1) is 17.8 Å². The minimum absolute atomic E-state index is 0.149. The molecule has 0 amide bonds. The Balaban J connectivity index is 1.96. The summed E-state index contributed by atoms with van der Waals surface area (Å²) in [6, 6.07) is 11.8. The molecule has 5 heteroatoms. The Morgan fingerprint density at radius 1 is 1.32 bits per heavy atom. The lowest BCUT2D eigenvalue weighted by Gasteiger charge is -2.13. The van der Waals surface area contributed by atoms with Gasteiger partial charge in [-0.25, -0.2) is 4.68 Å². The maximum atomic E-state index is 10.5. The quantitative estimate of drug-likeness (QED) is 0.859. The van der Waals surface area contributed by atoms with Crippen LogP contribution in [-0.4, -0.2) is 39.3 Å². The summed E-state index contributed by atoms with van der Waals surface area (Å²) in [6.07, 6.45) is 2.06. The fraction of sp³-hybridized carbons (Fsp3) is 0.286. The molecule has 100 valence electrons. The predicted octanol–water partition coefficient (Wildman–Crippen LogP) is 1.78. The molecule has 0 bridgehead atoms. The van der Waals surface area contributed by atoms with Crippen molar-refractivity contribution in [1.29, 1.82) is 0 Å². The molecule has 0 fully saturated rings. The second-order valence-corrected chi connectivity index (χ2v) is 4.47. The van der Waals surface area contributed by atoms with Crippen molar-refractivity contribution in [3.63, 3.8) is 0 Å². The lowest BCUT2D eigenvalue weighted by molar-refractivity contribution is -0.137. The first-order chi connectivity index (χ1) is 9.15. The maximum Gasteiger partial charge on any atom is 0.304 e. The van der Waals surface area contributed by atoms with E-state index in [2.05, 4.69) is 5.10 Å². The van der Waals surface area contributed by atoms with Gasteiger partial charge < -0.3 is 5.11 Å². The first-order valence-electron chi connectivity index (χ1n) is 6.15. The normalized spacial score (nSPS) is 10.8. The molecule has 0 atom stereocenters. The van der Waals surface area contributed by atoms with Crippen LogP contribution in [0.5, 0.6) is 0 Å². The molecule has 5 nitrogen and oxygen atoms in total. The highest BCUT2D eigenvalue weighted by Crippen LogP contribution is 2.08. The van der Waals surface area contributed by atoms with Gasteiger partial charge in [0.1, 0.15) is 0 Å². The van der Waals surface area contributed by atoms with Crippen LogP contribution in [0.25, 0.3) is 5.69 Å². The predicted molar refractivity (Wildman–Crippen MR) is 72.2 cm³/mol. The van der Waals surface area contributed by atoms with Gasteiger partial charge in [-0.2, -0.15) is 5.10 Å². The van der Waals surface area contributed by atoms with Gasteiger partial charge in [-0.1, -0.05) is 18.2 Å². The zero-order chi connectivity index (χ0) is 13.7. The maximum absolute atomic E-state index is 10.5. The van der Waals surface area contributed by atoms with Crippen LogP contribution in [0.4, 0.5) is 0 Å². The van der Waals surface area contributed by atoms with Crippen LogP contribution in [0.1, 0.15) is 12.1 Å². The minimum Gasteiger partial charge on any atom is -0.481 e. The van der Waals surface area contributed by atoms with E-state index in [0.29, 0.717) is 13.1 Å². The summed E-state index contributed by atoms with van der Waals surface area (Å²) >= 11 is 0. The average Bonchev–Trinajstić information content (AvgIpc) is 2.86. The second kappa shape index (κ2) is 6.15. The van der Waals surface area contributed by atoms with E-state index in [1.54, 1.807) is 0 Å². The molecule has 0 spiro atoms. The van der Waals surface area contributed by atoms with Crippen molar-refractivity contribution in [3.8, 4) is 5.69 Å². The molecule has 0 saturated heterocycles. The number of carbonyl (C=O) groups is 1. The van der Waals surface area contributed by atoms with E-state index in [1.807, 2.05) is 59.2 Å². The fourth-order valence-electron chi connectivity index (χ4n) is 1.81. The van der Waals surface area contributed by atoms with Gasteiger partial charge in [0.15, 0.2) is 0 Å². The van der Waals surface area contributed by atoms with Crippen molar-refractivity contribution in [3.05, 3.63) is 48.3 Å². The molecule has 0 aliphatic rings. The molecule has 0 aliphatic carbocycles. The number of nitrogens with zero attached hydrogens (tertiary/aromatic N) is 3. The number of aromatic nitrogens is 2. The summed E-state index contributed by atoms with van der Waals surface area (Å²) in [7, 11) is 1.89. The van der Waals surface area contributed by atoms with E-state index < -0.39 is 5.97 Å². The number of hydrogen-bond donors (Lipinski definition) is 1.